The Morgan fingerprint density at radius 2 is 1.94 bits per heavy atom. The van der Waals surface area contributed by atoms with Crippen molar-refractivity contribution in [1.82, 2.24) is 19.8 Å². The third-order valence-electron chi connectivity index (χ3n) is 6.31. The van der Waals surface area contributed by atoms with E-state index in [1.54, 1.807) is 6.26 Å². The van der Waals surface area contributed by atoms with Crippen molar-refractivity contribution in [2.75, 3.05) is 0 Å². The average molecular weight is 477 g/mol. The van der Waals surface area contributed by atoms with Crippen LogP contribution in [0, 0.1) is 20.8 Å². The quantitative estimate of drug-likeness (QED) is 0.346. The lowest BCUT2D eigenvalue weighted by molar-refractivity contribution is 0.286. The van der Waals surface area contributed by atoms with E-state index in [0.717, 1.165) is 33.6 Å². The molecule has 1 aromatic carbocycles. The van der Waals surface area contributed by atoms with E-state index in [1.807, 2.05) is 48.7 Å². The lowest BCUT2D eigenvalue weighted by Gasteiger charge is -2.27. The molecule has 0 unspecified atom stereocenters. The molecule has 5 rings (SSSR count). The number of nitrogens with one attached hydrogen (secondary N) is 1. The van der Waals surface area contributed by atoms with Crippen LogP contribution in [-0.2, 0) is 6.54 Å². The molecule has 5 nitrogen and oxygen atoms in total. The van der Waals surface area contributed by atoms with Gasteiger partial charge in [-0.1, -0.05) is 23.7 Å². The van der Waals surface area contributed by atoms with E-state index in [0.29, 0.717) is 11.7 Å². The van der Waals surface area contributed by atoms with Crippen molar-refractivity contribution in [3.63, 3.8) is 0 Å². The molecule has 168 valence electrons. The maximum Gasteiger partial charge on any atom is 0.170 e. The van der Waals surface area contributed by atoms with Gasteiger partial charge in [-0.3, -0.25) is 4.98 Å². The van der Waals surface area contributed by atoms with Gasteiger partial charge in [-0.15, -0.1) is 0 Å². The molecule has 2 atom stereocenters. The van der Waals surface area contributed by atoms with E-state index in [1.165, 1.54) is 11.1 Å². The van der Waals surface area contributed by atoms with E-state index in [4.69, 9.17) is 28.2 Å². The number of rotatable bonds is 5. The molecule has 1 aliphatic rings. The van der Waals surface area contributed by atoms with Gasteiger partial charge in [0.2, 0.25) is 0 Å². The minimum atomic E-state index is -0.0805. The summed E-state index contributed by atoms with van der Waals surface area (Å²) < 4.78 is 7.94. The van der Waals surface area contributed by atoms with Crippen molar-refractivity contribution in [3.8, 4) is 5.69 Å². The second kappa shape index (κ2) is 8.69. The Balaban J connectivity index is 1.65. The van der Waals surface area contributed by atoms with Gasteiger partial charge in [0.05, 0.1) is 30.6 Å². The predicted molar refractivity (Wildman–Crippen MR) is 135 cm³/mol. The van der Waals surface area contributed by atoms with E-state index in [9.17, 15) is 0 Å². The van der Waals surface area contributed by atoms with Gasteiger partial charge in [0.1, 0.15) is 5.76 Å². The summed E-state index contributed by atoms with van der Waals surface area (Å²) in [6, 6.07) is 18.0. The van der Waals surface area contributed by atoms with Crippen molar-refractivity contribution < 1.29 is 4.42 Å². The molecule has 1 fully saturated rings. The summed E-state index contributed by atoms with van der Waals surface area (Å²) in [5, 5.41) is 4.93. The Labute approximate surface area is 204 Å². The number of nitrogens with zero attached hydrogens (tertiary/aromatic N) is 3. The van der Waals surface area contributed by atoms with E-state index < -0.39 is 0 Å². The number of hydrogen-bond acceptors (Lipinski definition) is 3. The summed E-state index contributed by atoms with van der Waals surface area (Å²) >= 11 is 12.2. The van der Waals surface area contributed by atoms with Gasteiger partial charge in [0.25, 0.3) is 0 Å². The number of hydrogen-bond donors (Lipinski definition) is 1. The van der Waals surface area contributed by atoms with Gasteiger partial charge >= 0.3 is 0 Å². The lowest BCUT2D eigenvalue weighted by Crippen LogP contribution is -2.29. The zero-order valence-electron chi connectivity index (χ0n) is 18.7. The molecule has 1 aliphatic heterocycles. The van der Waals surface area contributed by atoms with Crippen LogP contribution in [0.5, 0.6) is 0 Å². The largest absolute Gasteiger partial charge is 0.467 e. The fourth-order valence-electron chi connectivity index (χ4n) is 4.77. The zero-order valence-corrected chi connectivity index (χ0v) is 20.3. The third-order valence-corrected chi connectivity index (χ3v) is 6.89. The van der Waals surface area contributed by atoms with E-state index in [2.05, 4.69) is 52.7 Å². The number of aromatic nitrogens is 2. The molecule has 7 heteroatoms. The van der Waals surface area contributed by atoms with Gasteiger partial charge in [0.15, 0.2) is 5.11 Å². The van der Waals surface area contributed by atoms with Crippen LogP contribution in [0.2, 0.25) is 5.02 Å². The highest BCUT2D eigenvalue weighted by molar-refractivity contribution is 7.80. The molecule has 0 amide bonds. The molecular formula is C26H25ClN4OS. The second-order valence-corrected chi connectivity index (χ2v) is 9.25. The lowest BCUT2D eigenvalue weighted by atomic mass is 9.96. The van der Waals surface area contributed by atoms with Crippen molar-refractivity contribution >= 4 is 28.9 Å². The molecule has 3 aromatic heterocycles. The molecule has 0 radical (unpaired) electrons. The summed E-state index contributed by atoms with van der Waals surface area (Å²) in [5.41, 5.74) is 6.70. The van der Waals surface area contributed by atoms with Crippen LogP contribution in [0.3, 0.4) is 0 Å². The Morgan fingerprint density at radius 3 is 2.67 bits per heavy atom. The van der Waals surface area contributed by atoms with Crippen LogP contribution >= 0.6 is 23.8 Å². The fourth-order valence-corrected chi connectivity index (χ4v) is 5.24. The SMILES string of the molecule is Cc1ccc(Cl)cc1-n1c(C)cc([C@@H]2[C@@H](c3ccccn3)NC(=S)N2Cc2ccco2)c1C. The van der Waals surface area contributed by atoms with Gasteiger partial charge in [-0.25, -0.2) is 0 Å². The summed E-state index contributed by atoms with van der Waals surface area (Å²) in [6.45, 7) is 6.97. The molecule has 0 aliphatic carbocycles. The predicted octanol–water partition coefficient (Wildman–Crippen LogP) is 6.22. The highest BCUT2D eigenvalue weighted by Gasteiger charge is 2.41. The zero-order chi connectivity index (χ0) is 23.1. The van der Waals surface area contributed by atoms with Crippen LogP contribution in [0.4, 0.5) is 0 Å². The van der Waals surface area contributed by atoms with E-state index >= 15 is 0 Å². The van der Waals surface area contributed by atoms with Crippen LogP contribution in [0.15, 0.2) is 71.5 Å². The Hall–Kier alpha value is -3.09. The topological polar surface area (TPSA) is 46.2 Å². The minimum Gasteiger partial charge on any atom is -0.467 e. The van der Waals surface area contributed by atoms with Crippen LogP contribution in [-0.4, -0.2) is 19.6 Å². The molecular weight excluding hydrogens is 452 g/mol. The highest BCUT2D eigenvalue weighted by Crippen LogP contribution is 2.42. The number of furan rings is 1. The summed E-state index contributed by atoms with van der Waals surface area (Å²) in [6.07, 6.45) is 3.52. The van der Waals surface area contributed by atoms with Gasteiger partial charge < -0.3 is 19.2 Å². The first-order chi connectivity index (χ1) is 15.9. The monoisotopic (exact) mass is 476 g/mol. The van der Waals surface area contributed by atoms with Gasteiger partial charge in [-0.05, 0) is 86.6 Å². The standard InChI is InChI=1S/C26H25ClN4OS/c1-16-9-10-19(27)14-23(16)31-17(2)13-21(18(31)3)25-24(22-8-4-5-11-28-22)29-26(33)30(25)15-20-7-6-12-32-20/h4-14,24-25H,15H2,1-3H3,(H,29,33)/t24-,25-/m1/s1. The van der Waals surface area contributed by atoms with Crippen molar-refractivity contribution in [1.29, 1.82) is 0 Å². The highest BCUT2D eigenvalue weighted by atomic mass is 35.5. The first kappa shape index (κ1) is 21.7. The maximum atomic E-state index is 6.36. The number of aryl methyl sites for hydroxylation is 2. The Kier molecular flexibility index (Phi) is 5.72. The Morgan fingerprint density at radius 1 is 1.09 bits per heavy atom. The normalized spacial score (nSPS) is 18.1. The van der Waals surface area contributed by atoms with E-state index in [-0.39, 0.29) is 12.1 Å². The molecule has 4 heterocycles. The molecule has 1 N–H and O–H groups in total. The maximum absolute atomic E-state index is 6.36. The van der Waals surface area contributed by atoms with Crippen molar-refractivity contribution in [2.24, 2.45) is 0 Å². The summed E-state index contributed by atoms with van der Waals surface area (Å²) in [4.78, 5) is 6.85. The number of benzene rings is 1. The number of halogens is 1. The molecule has 1 saturated heterocycles. The van der Waals surface area contributed by atoms with Gasteiger partial charge in [-0.2, -0.15) is 0 Å². The number of thiocarbonyl (C=S) groups is 1. The molecule has 0 spiro atoms. The third kappa shape index (κ3) is 3.94. The van der Waals surface area contributed by atoms with Crippen LogP contribution in [0.25, 0.3) is 5.69 Å². The van der Waals surface area contributed by atoms with Crippen LogP contribution in [0.1, 0.15) is 46.1 Å². The van der Waals surface area contributed by atoms with Crippen molar-refractivity contribution in [3.05, 3.63) is 106 Å². The van der Waals surface area contributed by atoms with Gasteiger partial charge in [0, 0.05) is 28.3 Å². The summed E-state index contributed by atoms with van der Waals surface area (Å²) in [7, 11) is 0. The molecule has 33 heavy (non-hydrogen) atoms. The second-order valence-electron chi connectivity index (χ2n) is 8.43. The fraction of sp³-hybridized carbons (Fsp3) is 0.231. The Bertz CT molecular complexity index is 1300. The molecule has 0 bridgehead atoms. The smallest absolute Gasteiger partial charge is 0.170 e. The molecule has 0 saturated carbocycles. The first-order valence-corrected chi connectivity index (χ1v) is 11.7. The van der Waals surface area contributed by atoms with Crippen molar-refractivity contribution in [2.45, 2.75) is 39.4 Å². The first-order valence-electron chi connectivity index (χ1n) is 10.9. The average Bonchev–Trinajstić information content (AvgIpc) is 3.50. The summed E-state index contributed by atoms with van der Waals surface area (Å²) in [5.74, 6) is 0.866. The number of pyridine rings is 1. The molecule has 4 aromatic rings. The van der Waals surface area contributed by atoms with Crippen LogP contribution < -0.4 is 5.32 Å². The minimum absolute atomic E-state index is 0.0445.